The smallest absolute Gasteiger partial charge is 0.210 e. The zero-order chi connectivity index (χ0) is 14.8. The van der Waals surface area contributed by atoms with Crippen LogP contribution in [0, 0.1) is 17.1 Å². The van der Waals surface area contributed by atoms with Crippen molar-refractivity contribution >= 4 is 10.0 Å². The van der Waals surface area contributed by atoms with Gasteiger partial charge in [0.1, 0.15) is 5.82 Å². The molecule has 1 heterocycles. The number of likely N-dealkylation sites (tertiary alicyclic amines) is 1. The minimum atomic E-state index is -3.54. The van der Waals surface area contributed by atoms with Crippen molar-refractivity contribution in [2.45, 2.75) is 25.4 Å². The summed E-state index contributed by atoms with van der Waals surface area (Å²) in [5.41, 5.74) is 0.800. The topological polar surface area (TPSA) is 87.2 Å². The first-order chi connectivity index (χ1) is 9.39. The minimum Gasteiger partial charge on any atom is -0.295 e. The van der Waals surface area contributed by atoms with Crippen LogP contribution < -0.4 is 5.14 Å². The summed E-state index contributed by atoms with van der Waals surface area (Å²) in [6.07, 6.45) is 1.59. The highest BCUT2D eigenvalue weighted by molar-refractivity contribution is 7.89. The quantitative estimate of drug-likeness (QED) is 0.896. The maximum Gasteiger partial charge on any atom is 0.210 e. The molecule has 1 unspecified atom stereocenters. The van der Waals surface area contributed by atoms with Crippen molar-refractivity contribution in [3.63, 3.8) is 0 Å². The summed E-state index contributed by atoms with van der Waals surface area (Å²) in [6, 6.07) is 5.97. The summed E-state index contributed by atoms with van der Waals surface area (Å²) in [6.45, 7) is 0.998. The van der Waals surface area contributed by atoms with Gasteiger partial charge in [-0.05, 0) is 37.6 Å². The number of hydrogen-bond acceptors (Lipinski definition) is 4. The van der Waals surface area contributed by atoms with Crippen LogP contribution in [-0.4, -0.2) is 31.7 Å². The fourth-order valence-corrected chi connectivity index (χ4v) is 3.46. The first kappa shape index (κ1) is 14.9. The summed E-state index contributed by atoms with van der Waals surface area (Å²) in [7, 11) is -3.54. The molecule has 0 saturated carbocycles. The number of sulfonamides is 1. The van der Waals surface area contributed by atoms with Gasteiger partial charge in [-0.1, -0.05) is 0 Å². The molecule has 7 heteroatoms. The molecular weight excluding hydrogens is 281 g/mol. The maximum atomic E-state index is 13.7. The normalized spacial score (nSPS) is 19.9. The molecule has 2 rings (SSSR count). The molecule has 1 saturated heterocycles. The highest BCUT2D eigenvalue weighted by atomic mass is 32.2. The van der Waals surface area contributed by atoms with Crippen LogP contribution in [0.25, 0.3) is 0 Å². The minimum absolute atomic E-state index is 0.118. The van der Waals surface area contributed by atoms with Gasteiger partial charge in [0.05, 0.1) is 17.4 Å². The second-order valence-electron chi connectivity index (χ2n) is 5.01. The molecule has 1 aliphatic heterocycles. The molecule has 20 heavy (non-hydrogen) atoms. The highest BCUT2D eigenvalue weighted by Crippen LogP contribution is 2.22. The fraction of sp³-hybridized carbons (Fsp3) is 0.462. The first-order valence-corrected chi connectivity index (χ1v) is 8.03. The Hall–Kier alpha value is -1.49. The number of halogens is 1. The van der Waals surface area contributed by atoms with Gasteiger partial charge in [0.15, 0.2) is 0 Å². The third-order valence-corrected chi connectivity index (χ3v) is 4.32. The molecule has 1 aromatic rings. The van der Waals surface area contributed by atoms with Crippen molar-refractivity contribution in [1.82, 2.24) is 4.90 Å². The average Bonchev–Trinajstić information content (AvgIpc) is 2.77. The molecule has 0 amide bonds. The van der Waals surface area contributed by atoms with Crippen LogP contribution in [0.3, 0.4) is 0 Å². The van der Waals surface area contributed by atoms with Crippen LogP contribution >= 0.6 is 0 Å². The van der Waals surface area contributed by atoms with Crippen LogP contribution in [0.2, 0.25) is 0 Å². The predicted octanol–water partition coefficient (Wildman–Crippen LogP) is 0.950. The van der Waals surface area contributed by atoms with Crippen molar-refractivity contribution in [1.29, 1.82) is 5.26 Å². The fourth-order valence-electron chi connectivity index (χ4n) is 2.54. The molecule has 0 aliphatic carbocycles. The highest BCUT2D eigenvalue weighted by Gasteiger charge is 2.28. The number of nitrogens with zero attached hydrogens (tertiary/aromatic N) is 2. The van der Waals surface area contributed by atoms with E-state index in [-0.39, 0.29) is 17.6 Å². The number of nitrogens with two attached hydrogens (primary N) is 1. The molecule has 0 aromatic heterocycles. The Labute approximate surface area is 117 Å². The third kappa shape index (κ3) is 3.76. The molecule has 0 bridgehead atoms. The van der Waals surface area contributed by atoms with Gasteiger partial charge in [-0.25, -0.2) is 17.9 Å². The molecule has 0 spiro atoms. The Bertz CT molecular complexity index is 640. The van der Waals surface area contributed by atoms with Gasteiger partial charge in [-0.15, -0.1) is 0 Å². The Kier molecular flexibility index (Phi) is 4.38. The van der Waals surface area contributed by atoms with Crippen molar-refractivity contribution in [3.05, 3.63) is 35.1 Å². The van der Waals surface area contributed by atoms with Gasteiger partial charge in [0, 0.05) is 18.2 Å². The summed E-state index contributed by atoms with van der Waals surface area (Å²) < 4.78 is 36.1. The third-order valence-electron chi connectivity index (χ3n) is 3.47. The molecule has 5 nitrogen and oxygen atoms in total. The van der Waals surface area contributed by atoms with Crippen LogP contribution in [-0.2, 0) is 16.6 Å². The van der Waals surface area contributed by atoms with E-state index in [1.807, 2.05) is 11.0 Å². The lowest BCUT2D eigenvalue weighted by Crippen LogP contribution is -2.37. The number of benzene rings is 1. The SMILES string of the molecule is N#Cc1ccc(F)c(CN2CCCC2CS(N)(=O)=O)c1. The largest absolute Gasteiger partial charge is 0.295 e. The monoisotopic (exact) mass is 297 g/mol. The van der Waals surface area contributed by atoms with Gasteiger partial charge >= 0.3 is 0 Å². The van der Waals surface area contributed by atoms with E-state index < -0.39 is 10.0 Å². The Morgan fingerprint density at radius 3 is 2.90 bits per heavy atom. The summed E-state index contributed by atoms with van der Waals surface area (Å²) >= 11 is 0. The van der Waals surface area contributed by atoms with Gasteiger partial charge < -0.3 is 0 Å². The van der Waals surface area contributed by atoms with E-state index in [2.05, 4.69) is 0 Å². The van der Waals surface area contributed by atoms with Crippen molar-refractivity contribution in [2.24, 2.45) is 5.14 Å². The van der Waals surface area contributed by atoms with E-state index in [0.717, 1.165) is 12.8 Å². The molecule has 1 aromatic carbocycles. The molecule has 1 fully saturated rings. The zero-order valence-corrected chi connectivity index (χ0v) is 11.7. The van der Waals surface area contributed by atoms with Crippen LogP contribution in [0.1, 0.15) is 24.0 Å². The Balaban J connectivity index is 2.15. The van der Waals surface area contributed by atoms with Gasteiger partial charge in [-0.2, -0.15) is 5.26 Å². The molecular formula is C13H16FN3O2S. The molecule has 2 N–H and O–H groups in total. The van der Waals surface area contributed by atoms with Gasteiger partial charge in [0.25, 0.3) is 0 Å². The number of primary sulfonamides is 1. The van der Waals surface area contributed by atoms with Crippen LogP contribution in [0.4, 0.5) is 4.39 Å². The van der Waals surface area contributed by atoms with E-state index in [4.69, 9.17) is 10.4 Å². The van der Waals surface area contributed by atoms with E-state index in [9.17, 15) is 12.8 Å². The van der Waals surface area contributed by atoms with Crippen LogP contribution in [0.15, 0.2) is 18.2 Å². The van der Waals surface area contributed by atoms with Crippen LogP contribution in [0.5, 0.6) is 0 Å². The van der Waals surface area contributed by atoms with E-state index in [0.29, 0.717) is 24.2 Å². The van der Waals surface area contributed by atoms with Crippen molar-refractivity contribution in [2.75, 3.05) is 12.3 Å². The first-order valence-electron chi connectivity index (χ1n) is 6.32. The molecule has 108 valence electrons. The Morgan fingerprint density at radius 1 is 1.50 bits per heavy atom. The number of nitriles is 1. The van der Waals surface area contributed by atoms with Gasteiger partial charge in [0.2, 0.25) is 10.0 Å². The maximum absolute atomic E-state index is 13.7. The van der Waals surface area contributed by atoms with E-state index in [1.165, 1.54) is 18.2 Å². The number of hydrogen-bond donors (Lipinski definition) is 1. The van der Waals surface area contributed by atoms with Crippen molar-refractivity contribution in [3.8, 4) is 6.07 Å². The Morgan fingerprint density at radius 2 is 2.25 bits per heavy atom. The zero-order valence-electron chi connectivity index (χ0n) is 10.9. The van der Waals surface area contributed by atoms with E-state index in [1.54, 1.807) is 0 Å². The van der Waals surface area contributed by atoms with Gasteiger partial charge in [-0.3, -0.25) is 4.90 Å². The van der Waals surface area contributed by atoms with E-state index >= 15 is 0 Å². The lowest BCUT2D eigenvalue weighted by Gasteiger charge is -2.23. The standard InChI is InChI=1S/C13H16FN3O2S/c14-13-4-3-10(7-15)6-11(13)8-17-5-1-2-12(17)9-20(16,18)19/h3-4,6,12H,1-2,5,8-9H2,(H2,16,18,19). The lowest BCUT2D eigenvalue weighted by atomic mass is 10.1. The average molecular weight is 297 g/mol. The van der Waals surface area contributed by atoms with Crippen molar-refractivity contribution < 1.29 is 12.8 Å². The second kappa shape index (κ2) is 5.87. The summed E-state index contributed by atoms with van der Waals surface area (Å²) in [4.78, 5) is 1.91. The molecule has 0 radical (unpaired) electrons. The predicted molar refractivity (Wildman–Crippen MR) is 72.5 cm³/mol. The number of rotatable bonds is 4. The lowest BCUT2D eigenvalue weighted by molar-refractivity contribution is 0.258. The summed E-state index contributed by atoms with van der Waals surface area (Å²) in [5, 5.41) is 13.9. The molecule has 1 aliphatic rings. The summed E-state index contributed by atoms with van der Waals surface area (Å²) in [5.74, 6) is -0.503. The molecule has 1 atom stereocenters. The second-order valence-corrected chi connectivity index (χ2v) is 6.67.